The molecule has 32 heavy (non-hydrogen) atoms. The molecule has 172 valence electrons. The van der Waals surface area contributed by atoms with Gasteiger partial charge in [-0.05, 0) is 51.0 Å². The predicted molar refractivity (Wildman–Crippen MR) is 133 cm³/mol. The van der Waals surface area contributed by atoms with Crippen LogP contribution in [-0.2, 0) is 16.1 Å². The monoisotopic (exact) mass is 492 g/mol. The van der Waals surface area contributed by atoms with Crippen molar-refractivity contribution in [1.29, 1.82) is 0 Å². The highest BCUT2D eigenvalue weighted by atomic mass is 35.5. The quantitative estimate of drug-likeness (QED) is 0.420. The van der Waals surface area contributed by atoms with Gasteiger partial charge in [-0.15, -0.1) is 11.8 Å². The van der Waals surface area contributed by atoms with Crippen molar-refractivity contribution in [3.05, 3.63) is 63.6 Å². The van der Waals surface area contributed by atoms with Crippen molar-refractivity contribution in [1.82, 2.24) is 10.2 Å². The Balaban J connectivity index is 1.70. The minimum Gasteiger partial charge on any atom is -0.352 e. The van der Waals surface area contributed by atoms with Crippen LogP contribution in [-0.4, -0.2) is 34.6 Å². The minimum atomic E-state index is -0.611. The Kier molecular flexibility index (Phi) is 9.33. The van der Waals surface area contributed by atoms with Crippen LogP contribution >= 0.6 is 35.0 Å². The zero-order chi connectivity index (χ0) is 23.1. The van der Waals surface area contributed by atoms with E-state index >= 15 is 0 Å². The zero-order valence-electron chi connectivity index (χ0n) is 18.6. The van der Waals surface area contributed by atoms with E-state index in [2.05, 4.69) is 29.6 Å². The topological polar surface area (TPSA) is 49.4 Å². The van der Waals surface area contributed by atoms with E-state index in [1.807, 2.05) is 6.92 Å². The molecular weight excluding hydrogens is 463 g/mol. The highest BCUT2D eigenvalue weighted by Gasteiger charge is 2.29. The van der Waals surface area contributed by atoms with E-state index in [0.717, 1.165) is 30.6 Å². The minimum absolute atomic E-state index is 0.0883. The summed E-state index contributed by atoms with van der Waals surface area (Å²) in [4.78, 5) is 28.9. The molecule has 2 aromatic rings. The van der Waals surface area contributed by atoms with Gasteiger partial charge in [0.1, 0.15) is 6.04 Å². The van der Waals surface area contributed by atoms with E-state index in [-0.39, 0.29) is 24.4 Å². The molecule has 0 aliphatic heterocycles. The molecule has 2 amide bonds. The van der Waals surface area contributed by atoms with E-state index in [1.165, 1.54) is 5.56 Å². The molecule has 7 heteroatoms. The van der Waals surface area contributed by atoms with Crippen LogP contribution in [0.5, 0.6) is 0 Å². The van der Waals surface area contributed by atoms with Gasteiger partial charge in [0, 0.05) is 45.3 Å². The lowest BCUT2D eigenvalue weighted by molar-refractivity contribution is -0.140. The Bertz CT molecular complexity index is 910. The largest absolute Gasteiger partial charge is 0.352 e. The van der Waals surface area contributed by atoms with Crippen LogP contribution in [0.15, 0.2) is 47.4 Å². The number of halogens is 2. The molecule has 0 unspecified atom stereocenters. The maximum atomic E-state index is 13.2. The molecule has 0 aromatic heterocycles. The molecule has 1 aliphatic rings. The third-order valence-electron chi connectivity index (χ3n) is 5.86. The van der Waals surface area contributed by atoms with Gasteiger partial charge in [0.2, 0.25) is 11.8 Å². The van der Waals surface area contributed by atoms with Crippen molar-refractivity contribution in [3.8, 4) is 0 Å². The third kappa shape index (κ3) is 6.90. The number of amides is 2. The normalized spacial score (nSPS) is 14.9. The standard InChI is InChI=1S/C25H30Cl2N2O2S/c1-17-10-12-20(13-11-17)32-15-14-24(30)29(16-21-22(26)8-5-9-23(21)27)18(2)25(31)28-19-6-3-4-7-19/h5,8-13,18-19H,3-4,6-7,14-16H2,1-2H3,(H,28,31)/t18-/m1/s1. The molecule has 1 aliphatic carbocycles. The summed E-state index contributed by atoms with van der Waals surface area (Å²) >= 11 is 14.4. The molecule has 3 rings (SSSR count). The van der Waals surface area contributed by atoms with Crippen molar-refractivity contribution < 1.29 is 9.59 Å². The fraction of sp³-hybridized carbons (Fsp3) is 0.440. The van der Waals surface area contributed by atoms with Crippen molar-refractivity contribution in [2.45, 2.75) is 69.5 Å². The number of aryl methyl sites for hydroxylation is 1. The van der Waals surface area contributed by atoms with E-state index in [1.54, 1.807) is 41.8 Å². The Labute approximate surface area is 205 Å². The lowest BCUT2D eigenvalue weighted by atomic mass is 10.1. The molecule has 0 bridgehead atoms. The number of hydrogen-bond donors (Lipinski definition) is 1. The number of rotatable bonds is 9. The second kappa shape index (κ2) is 12.0. The molecule has 1 fully saturated rings. The molecule has 1 saturated carbocycles. The first kappa shape index (κ1) is 24.9. The van der Waals surface area contributed by atoms with Crippen LogP contribution in [0.2, 0.25) is 10.0 Å². The van der Waals surface area contributed by atoms with Gasteiger partial charge >= 0.3 is 0 Å². The van der Waals surface area contributed by atoms with Crippen LogP contribution < -0.4 is 5.32 Å². The first-order chi connectivity index (χ1) is 15.3. The second-order valence-electron chi connectivity index (χ2n) is 8.30. The highest BCUT2D eigenvalue weighted by molar-refractivity contribution is 7.99. The van der Waals surface area contributed by atoms with Crippen molar-refractivity contribution in [2.24, 2.45) is 0 Å². The molecule has 2 aromatic carbocycles. The van der Waals surface area contributed by atoms with Gasteiger partial charge in [-0.1, -0.05) is 59.8 Å². The number of thioether (sulfide) groups is 1. The maximum absolute atomic E-state index is 13.2. The predicted octanol–water partition coefficient (Wildman–Crippen LogP) is 6.26. The van der Waals surface area contributed by atoms with Crippen molar-refractivity contribution >= 4 is 46.8 Å². The van der Waals surface area contributed by atoms with E-state index in [0.29, 0.717) is 27.8 Å². The summed E-state index contributed by atoms with van der Waals surface area (Å²) in [7, 11) is 0. The van der Waals surface area contributed by atoms with Gasteiger partial charge in [0.15, 0.2) is 0 Å². The summed E-state index contributed by atoms with van der Waals surface area (Å²) in [5.41, 5.74) is 1.87. The Morgan fingerprint density at radius 3 is 2.34 bits per heavy atom. The Morgan fingerprint density at radius 1 is 1.09 bits per heavy atom. The van der Waals surface area contributed by atoms with E-state index in [9.17, 15) is 9.59 Å². The number of nitrogens with one attached hydrogen (secondary N) is 1. The molecule has 0 heterocycles. The molecule has 1 atom stereocenters. The Morgan fingerprint density at radius 2 is 1.72 bits per heavy atom. The average Bonchev–Trinajstić information content (AvgIpc) is 3.27. The smallest absolute Gasteiger partial charge is 0.242 e. The number of nitrogens with zero attached hydrogens (tertiary/aromatic N) is 1. The van der Waals surface area contributed by atoms with Crippen LogP contribution in [0.1, 0.15) is 50.2 Å². The zero-order valence-corrected chi connectivity index (χ0v) is 20.9. The van der Waals surface area contributed by atoms with Gasteiger partial charge in [0.05, 0.1) is 0 Å². The Hall–Kier alpha value is -1.69. The third-order valence-corrected chi connectivity index (χ3v) is 7.59. The summed E-state index contributed by atoms with van der Waals surface area (Å²) in [5.74, 6) is 0.417. The SMILES string of the molecule is Cc1ccc(SCCC(=O)N(Cc2c(Cl)cccc2Cl)[C@H](C)C(=O)NC2CCCC2)cc1. The molecule has 1 N–H and O–H groups in total. The number of benzene rings is 2. The number of carbonyl (C=O) groups is 2. The summed E-state index contributed by atoms with van der Waals surface area (Å²) in [6.07, 6.45) is 4.58. The molecular formula is C25H30Cl2N2O2S. The average molecular weight is 494 g/mol. The number of carbonyl (C=O) groups excluding carboxylic acids is 2. The fourth-order valence-corrected chi connectivity index (χ4v) is 5.22. The molecule has 4 nitrogen and oxygen atoms in total. The maximum Gasteiger partial charge on any atom is 0.242 e. The summed E-state index contributed by atoms with van der Waals surface area (Å²) in [6, 6.07) is 13.1. The van der Waals surface area contributed by atoms with Crippen LogP contribution in [0, 0.1) is 6.92 Å². The molecule has 0 saturated heterocycles. The van der Waals surface area contributed by atoms with Gasteiger partial charge in [-0.25, -0.2) is 0 Å². The lowest BCUT2D eigenvalue weighted by Crippen LogP contribution is -2.49. The number of hydrogen-bond acceptors (Lipinski definition) is 3. The van der Waals surface area contributed by atoms with Gasteiger partial charge < -0.3 is 10.2 Å². The van der Waals surface area contributed by atoms with Crippen molar-refractivity contribution in [2.75, 3.05) is 5.75 Å². The van der Waals surface area contributed by atoms with Crippen LogP contribution in [0.25, 0.3) is 0 Å². The highest BCUT2D eigenvalue weighted by Crippen LogP contribution is 2.27. The first-order valence-electron chi connectivity index (χ1n) is 11.1. The van der Waals surface area contributed by atoms with Crippen molar-refractivity contribution in [3.63, 3.8) is 0 Å². The summed E-state index contributed by atoms with van der Waals surface area (Å²) < 4.78 is 0. The van der Waals surface area contributed by atoms with Crippen LogP contribution in [0.3, 0.4) is 0 Å². The summed E-state index contributed by atoms with van der Waals surface area (Å²) in [5, 5.41) is 4.10. The fourth-order valence-electron chi connectivity index (χ4n) is 3.86. The van der Waals surface area contributed by atoms with Gasteiger partial charge in [-0.2, -0.15) is 0 Å². The first-order valence-corrected chi connectivity index (χ1v) is 12.8. The second-order valence-corrected chi connectivity index (χ2v) is 10.3. The summed E-state index contributed by atoms with van der Waals surface area (Å²) in [6.45, 7) is 4.03. The van der Waals surface area contributed by atoms with Gasteiger partial charge in [-0.3, -0.25) is 9.59 Å². The van der Waals surface area contributed by atoms with Crippen LogP contribution in [0.4, 0.5) is 0 Å². The van der Waals surface area contributed by atoms with Gasteiger partial charge in [0.25, 0.3) is 0 Å². The van der Waals surface area contributed by atoms with E-state index in [4.69, 9.17) is 23.2 Å². The lowest BCUT2D eigenvalue weighted by Gasteiger charge is -2.30. The van der Waals surface area contributed by atoms with E-state index < -0.39 is 6.04 Å². The molecule has 0 radical (unpaired) electrons. The molecule has 0 spiro atoms.